The lowest BCUT2D eigenvalue weighted by Crippen LogP contribution is -2.27. The van der Waals surface area contributed by atoms with E-state index in [9.17, 15) is 10.2 Å². The van der Waals surface area contributed by atoms with Gasteiger partial charge in [-0.05, 0) is 74.3 Å². The zero-order chi connectivity index (χ0) is 19.5. The van der Waals surface area contributed by atoms with Gasteiger partial charge in [0, 0.05) is 0 Å². The van der Waals surface area contributed by atoms with Gasteiger partial charge in [-0.2, -0.15) is 0 Å². The van der Waals surface area contributed by atoms with Crippen molar-refractivity contribution in [3.8, 4) is 0 Å². The molecule has 0 saturated carbocycles. The van der Waals surface area contributed by atoms with Crippen LogP contribution in [0.15, 0.2) is 35.6 Å². The fourth-order valence-electron chi connectivity index (χ4n) is 3.51. The fraction of sp³-hybridized carbons (Fsp3) is 0.739. The average molecular weight is 365 g/mol. The molecular weight excluding hydrogens is 324 g/mol. The SMILES string of the molecule is CCC(C=C(C)O)CC(O)C(C)CC(COCC1=CCCC=C1)C(C)C. The van der Waals surface area contributed by atoms with Crippen molar-refractivity contribution in [1.29, 1.82) is 0 Å². The van der Waals surface area contributed by atoms with E-state index >= 15 is 0 Å². The summed E-state index contributed by atoms with van der Waals surface area (Å²) in [6.07, 6.45) is 13.0. The van der Waals surface area contributed by atoms with Crippen LogP contribution < -0.4 is 0 Å². The summed E-state index contributed by atoms with van der Waals surface area (Å²) in [5, 5.41) is 20.1. The van der Waals surface area contributed by atoms with E-state index in [1.807, 2.05) is 6.08 Å². The van der Waals surface area contributed by atoms with Crippen LogP contribution in [0.3, 0.4) is 0 Å². The molecule has 0 aromatic rings. The first-order valence-electron chi connectivity index (χ1n) is 10.3. The Hall–Kier alpha value is -1.06. The standard InChI is InChI=1S/C23H40O3/c1-6-20(13-19(5)24)14-23(25)18(4)12-22(17(2)3)16-26-15-21-10-8-7-9-11-21/h8,10-11,13,17-18,20,22-25H,6-7,9,12,14-16H2,1-5H3. The van der Waals surface area contributed by atoms with Gasteiger partial charge in [-0.3, -0.25) is 0 Å². The summed E-state index contributed by atoms with van der Waals surface area (Å²) in [6.45, 7) is 11.8. The Labute approximate surface area is 160 Å². The molecule has 0 saturated heterocycles. The van der Waals surface area contributed by atoms with E-state index in [4.69, 9.17) is 4.74 Å². The molecular formula is C23H40O3. The molecule has 0 heterocycles. The van der Waals surface area contributed by atoms with Crippen molar-refractivity contribution in [2.45, 2.75) is 72.8 Å². The first kappa shape index (κ1) is 23.0. The molecule has 0 aromatic heterocycles. The first-order chi connectivity index (χ1) is 12.3. The van der Waals surface area contributed by atoms with Crippen LogP contribution in [0.1, 0.15) is 66.7 Å². The molecule has 4 atom stereocenters. The third-order valence-electron chi connectivity index (χ3n) is 5.49. The minimum absolute atomic E-state index is 0.223. The van der Waals surface area contributed by atoms with Gasteiger partial charge in [-0.1, -0.05) is 45.9 Å². The summed E-state index contributed by atoms with van der Waals surface area (Å²) >= 11 is 0. The first-order valence-corrected chi connectivity index (χ1v) is 10.3. The van der Waals surface area contributed by atoms with Crippen LogP contribution >= 0.6 is 0 Å². The van der Waals surface area contributed by atoms with Gasteiger partial charge >= 0.3 is 0 Å². The summed E-state index contributed by atoms with van der Waals surface area (Å²) in [4.78, 5) is 0. The Morgan fingerprint density at radius 3 is 2.50 bits per heavy atom. The number of hydrogen-bond donors (Lipinski definition) is 2. The van der Waals surface area contributed by atoms with E-state index < -0.39 is 0 Å². The second-order valence-corrected chi connectivity index (χ2v) is 8.27. The van der Waals surface area contributed by atoms with E-state index in [1.54, 1.807) is 6.92 Å². The van der Waals surface area contributed by atoms with Crippen molar-refractivity contribution in [3.05, 3.63) is 35.6 Å². The Bertz CT molecular complexity index is 472. The Balaban J connectivity index is 2.47. The monoisotopic (exact) mass is 364 g/mol. The normalized spacial score (nSPS) is 20.0. The van der Waals surface area contributed by atoms with Crippen LogP contribution in [0, 0.1) is 23.7 Å². The third-order valence-corrected chi connectivity index (χ3v) is 5.49. The van der Waals surface area contributed by atoms with Gasteiger partial charge in [0.15, 0.2) is 0 Å². The van der Waals surface area contributed by atoms with Crippen molar-refractivity contribution in [3.63, 3.8) is 0 Å². The van der Waals surface area contributed by atoms with Gasteiger partial charge < -0.3 is 14.9 Å². The summed E-state index contributed by atoms with van der Waals surface area (Å²) in [5.41, 5.74) is 1.28. The lowest BCUT2D eigenvalue weighted by Gasteiger charge is -2.28. The van der Waals surface area contributed by atoms with Crippen molar-refractivity contribution in [1.82, 2.24) is 0 Å². The lowest BCUT2D eigenvalue weighted by atomic mass is 9.82. The molecule has 0 aliphatic heterocycles. The van der Waals surface area contributed by atoms with Gasteiger partial charge in [-0.25, -0.2) is 0 Å². The predicted molar refractivity (Wildman–Crippen MR) is 110 cm³/mol. The van der Waals surface area contributed by atoms with Crippen LogP contribution in [0.4, 0.5) is 0 Å². The minimum atomic E-state index is -0.346. The van der Waals surface area contributed by atoms with E-state index in [0.29, 0.717) is 30.6 Å². The maximum absolute atomic E-state index is 10.6. The topological polar surface area (TPSA) is 49.7 Å². The van der Waals surface area contributed by atoms with E-state index in [-0.39, 0.29) is 17.9 Å². The molecule has 4 unspecified atom stereocenters. The van der Waals surface area contributed by atoms with Gasteiger partial charge in [0.05, 0.1) is 25.1 Å². The van der Waals surface area contributed by atoms with Crippen LogP contribution in [0.5, 0.6) is 0 Å². The fourth-order valence-corrected chi connectivity index (χ4v) is 3.51. The zero-order valence-electron chi connectivity index (χ0n) is 17.4. The average Bonchev–Trinajstić information content (AvgIpc) is 2.60. The predicted octanol–water partition coefficient (Wildman–Crippen LogP) is 5.82. The summed E-state index contributed by atoms with van der Waals surface area (Å²) in [5.74, 6) is 1.78. The summed E-state index contributed by atoms with van der Waals surface area (Å²) in [6, 6.07) is 0. The summed E-state index contributed by atoms with van der Waals surface area (Å²) < 4.78 is 5.99. The smallest absolute Gasteiger partial charge is 0.0854 e. The number of rotatable bonds is 12. The highest BCUT2D eigenvalue weighted by molar-refractivity contribution is 5.22. The highest BCUT2D eigenvalue weighted by Gasteiger charge is 2.23. The number of ether oxygens (including phenoxy) is 1. The number of hydrogen-bond acceptors (Lipinski definition) is 3. The Morgan fingerprint density at radius 1 is 1.23 bits per heavy atom. The molecule has 1 aliphatic carbocycles. The maximum Gasteiger partial charge on any atom is 0.0854 e. The summed E-state index contributed by atoms with van der Waals surface area (Å²) in [7, 11) is 0. The molecule has 0 amide bonds. The number of aliphatic hydroxyl groups is 2. The molecule has 0 radical (unpaired) electrons. The van der Waals surface area contributed by atoms with Crippen LogP contribution in [-0.4, -0.2) is 29.5 Å². The van der Waals surface area contributed by atoms with Crippen LogP contribution in [0.2, 0.25) is 0 Å². The van der Waals surface area contributed by atoms with E-state index in [1.165, 1.54) is 5.57 Å². The second kappa shape index (κ2) is 12.3. The largest absolute Gasteiger partial charge is 0.513 e. The molecule has 0 aromatic carbocycles. The molecule has 0 bridgehead atoms. The molecule has 2 N–H and O–H groups in total. The van der Waals surface area contributed by atoms with Gasteiger partial charge in [0.1, 0.15) is 0 Å². The van der Waals surface area contributed by atoms with Crippen molar-refractivity contribution in [2.75, 3.05) is 13.2 Å². The van der Waals surface area contributed by atoms with Crippen LogP contribution in [0.25, 0.3) is 0 Å². The van der Waals surface area contributed by atoms with Crippen molar-refractivity contribution < 1.29 is 14.9 Å². The van der Waals surface area contributed by atoms with Crippen molar-refractivity contribution in [2.24, 2.45) is 23.7 Å². The highest BCUT2D eigenvalue weighted by atomic mass is 16.5. The Morgan fingerprint density at radius 2 is 1.96 bits per heavy atom. The highest BCUT2D eigenvalue weighted by Crippen LogP contribution is 2.27. The molecule has 0 fully saturated rings. The van der Waals surface area contributed by atoms with Gasteiger partial charge in [0.2, 0.25) is 0 Å². The zero-order valence-corrected chi connectivity index (χ0v) is 17.4. The maximum atomic E-state index is 10.6. The molecule has 150 valence electrons. The quantitative estimate of drug-likeness (QED) is 0.429. The van der Waals surface area contributed by atoms with Gasteiger partial charge in [0.25, 0.3) is 0 Å². The third kappa shape index (κ3) is 9.05. The van der Waals surface area contributed by atoms with Crippen LogP contribution in [-0.2, 0) is 4.74 Å². The number of allylic oxidation sites excluding steroid dienone is 4. The van der Waals surface area contributed by atoms with E-state index in [2.05, 4.69) is 45.9 Å². The Kier molecular flexibility index (Phi) is 10.9. The minimum Gasteiger partial charge on any atom is -0.513 e. The molecule has 26 heavy (non-hydrogen) atoms. The van der Waals surface area contributed by atoms with Crippen molar-refractivity contribution >= 4 is 0 Å². The molecule has 3 nitrogen and oxygen atoms in total. The lowest BCUT2D eigenvalue weighted by molar-refractivity contribution is 0.0479. The molecule has 1 rings (SSSR count). The molecule has 1 aliphatic rings. The second-order valence-electron chi connectivity index (χ2n) is 8.27. The van der Waals surface area contributed by atoms with E-state index in [0.717, 1.165) is 32.3 Å². The van der Waals surface area contributed by atoms with Gasteiger partial charge in [-0.15, -0.1) is 0 Å². The number of aliphatic hydroxyl groups excluding tert-OH is 2. The molecule has 3 heteroatoms. The molecule has 0 spiro atoms.